The third-order valence-electron chi connectivity index (χ3n) is 4.87. The molecule has 2 aromatic heterocycles. The van der Waals surface area contributed by atoms with Crippen LogP contribution in [0, 0.1) is 5.92 Å². The van der Waals surface area contributed by atoms with E-state index in [4.69, 9.17) is 4.74 Å². The van der Waals surface area contributed by atoms with E-state index in [-0.39, 0.29) is 0 Å². The van der Waals surface area contributed by atoms with Crippen LogP contribution in [0.3, 0.4) is 0 Å². The quantitative estimate of drug-likeness (QED) is 0.853. The smallest absolute Gasteiger partial charge is 0.213 e. The zero-order valence-electron chi connectivity index (χ0n) is 13.9. The van der Waals surface area contributed by atoms with Crippen LogP contribution in [-0.4, -0.2) is 34.0 Å². The van der Waals surface area contributed by atoms with E-state index in [1.165, 1.54) is 18.4 Å². The molecule has 1 saturated carbocycles. The monoisotopic (exact) mass is 327 g/mol. The van der Waals surface area contributed by atoms with Crippen molar-refractivity contribution < 1.29 is 4.74 Å². The molecule has 1 atom stereocenters. The summed E-state index contributed by atoms with van der Waals surface area (Å²) in [7, 11) is 0. The molecule has 1 aliphatic carbocycles. The average molecular weight is 327 g/mol. The Kier molecular flexibility index (Phi) is 4.64. The van der Waals surface area contributed by atoms with Gasteiger partial charge in [-0.25, -0.2) is 9.67 Å². The molecule has 0 aromatic carbocycles. The van der Waals surface area contributed by atoms with Crippen molar-refractivity contribution >= 4 is 5.82 Å². The van der Waals surface area contributed by atoms with E-state index in [0.717, 1.165) is 50.7 Å². The topological polar surface area (TPSA) is 64.0 Å². The Labute approximate surface area is 142 Å². The van der Waals surface area contributed by atoms with Crippen LogP contribution in [0.2, 0.25) is 0 Å². The molecule has 0 radical (unpaired) electrons. The van der Waals surface area contributed by atoms with Gasteiger partial charge in [0.15, 0.2) is 0 Å². The molecule has 6 heteroatoms. The zero-order chi connectivity index (χ0) is 16.2. The Hall–Kier alpha value is -2.08. The van der Waals surface area contributed by atoms with Crippen LogP contribution in [0.25, 0.3) is 0 Å². The molecule has 0 spiro atoms. The Bertz CT molecular complexity index is 665. The fraction of sp³-hybridized carbons (Fsp3) is 0.556. The van der Waals surface area contributed by atoms with E-state index in [1.54, 1.807) is 0 Å². The van der Waals surface area contributed by atoms with Crippen molar-refractivity contribution in [2.45, 2.75) is 44.9 Å². The van der Waals surface area contributed by atoms with Crippen molar-refractivity contribution in [1.82, 2.24) is 20.1 Å². The maximum atomic E-state index is 5.98. The first-order valence-corrected chi connectivity index (χ1v) is 8.95. The van der Waals surface area contributed by atoms with Crippen LogP contribution in [-0.2, 0) is 13.1 Å². The fourth-order valence-corrected chi connectivity index (χ4v) is 3.55. The van der Waals surface area contributed by atoms with Crippen molar-refractivity contribution in [2.24, 2.45) is 5.92 Å². The van der Waals surface area contributed by atoms with Gasteiger partial charge in [0.1, 0.15) is 11.9 Å². The standard InChI is InChI=1S/C18H25N5O/c1-2-4-16(3-1)24-18-9-14(5-7-20-18)10-19-11-15-12-21-17-6-8-22-23(17)13-15/h5-9,15-16,19,21H,1-4,10-13H2/t15-/m1/s1. The molecule has 2 aliphatic rings. The second-order valence-electron chi connectivity index (χ2n) is 6.80. The first-order valence-electron chi connectivity index (χ1n) is 8.95. The van der Waals surface area contributed by atoms with E-state index >= 15 is 0 Å². The zero-order valence-corrected chi connectivity index (χ0v) is 13.9. The van der Waals surface area contributed by atoms with E-state index in [0.29, 0.717) is 12.0 Å². The molecule has 2 aromatic rings. The first kappa shape index (κ1) is 15.4. The summed E-state index contributed by atoms with van der Waals surface area (Å²) in [6, 6.07) is 6.14. The van der Waals surface area contributed by atoms with Gasteiger partial charge in [-0.1, -0.05) is 0 Å². The molecule has 0 amide bonds. The molecular formula is C18H25N5O. The summed E-state index contributed by atoms with van der Waals surface area (Å²) in [5.74, 6) is 2.43. The highest BCUT2D eigenvalue weighted by Gasteiger charge is 2.18. The minimum absolute atomic E-state index is 0.359. The molecule has 0 unspecified atom stereocenters. The molecule has 4 rings (SSSR count). The van der Waals surface area contributed by atoms with Crippen LogP contribution in [0.5, 0.6) is 5.88 Å². The predicted octanol–water partition coefficient (Wildman–Crippen LogP) is 2.43. The van der Waals surface area contributed by atoms with Gasteiger partial charge in [-0.2, -0.15) is 5.10 Å². The Morgan fingerprint density at radius 1 is 1.25 bits per heavy atom. The second-order valence-corrected chi connectivity index (χ2v) is 6.80. The van der Waals surface area contributed by atoms with Crippen molar-refractivity contribution in [1.29, 1.82) is 0 Å². The van der Waals surface area contributed by atoms with E-state index in [2.05, 4.69) is 32.8 Å². The Balaban J connectivity index is 1.25. The summed E-state index contributed by atoms with van der Waals surface area (Å²) in [4.78, 5) is 4.35. The number of hydrogen-bond donors (Lipinski definition) is 2. The lowest BCUT2D eigenvalue weighted by molar-refractivity contribution is 0.201. The summed E-state index contributed by atoms with van der Waals surface area (Å²) >= 11 is 0. The van der Waals surface area contributed by atoms with Gasteiger partial charge >= 0.3 is 0 Å². The minimum atomic E-state index is 0.359. The van der Waals surface area contributed by atoms with E-state index in [1.807, 2.05) is 23.1 Å². The number of aromatic nitrogens is 3. The molecule has 24 heavy (non-hydrogen) atoms. The molecule has 0 saturated heterocycles. The number of nitrogens with zero attached hydrogens (tertiary/aromatic N) is 3. The highest BCUT2D eigenvalue weighted by Crippen LogP contribution is 2.23. The number of pyridine rings is 1. The van der Waals surface area contributed by atoms with Crippen molar-refractivity contribution in [3.8, 4) is 5.88 Å². The Morgan fingerprint density at radius 2 is 2.17 bits per heavy atom. The van der Waals surface area contributed by atoms with Crippen molar-refractivity contribution in [3.63, 3.8) is 0 Å². The van der Waals surface area contributed by atoms with Crippen LogP contribution in [0.4, 0.5) is 5.82 Å². The van der Waals surface area contributed by atoms with Crippen molar-refractivity contribution in [2.75, 3.05) is 18.4 Å². The van der Waals surface area contributed by atoms with Crippen LogP contribution >= 0.6 is 0 Å². The normalized spacial score (nSPS) is 20.6. The average Bonchev–Trinajstić information content (AvgIpc) is 3.26. The minimum Gasteiger partial charge on any atom is -0.474 e. The molecule has 128 valence electrons. The SMILES string of the molecule is c1cc(CNC[C@@H]2CNc3ccnn3C2)cc(OC2CCCC2)n1. The lowest BCUT2D eigenvalue weighted by Crippen LogP contribution is -2.35. The molecule has 0 bridgehead atoms. The van der Waals surface area contributed by atoms with Gasteiger partial charge < -0.3 is 15.4 Å². The van der Waals surface area contributed by atoms with Crippen molar-refractivity contribution in [3.05, 3.63) is 36.2 Å². The second kappa shape index (κ2) is 7.21. The number of hydrogen-bond acceptors (Lipinski definition) is 5. The fourth-order valence-electron chi connectivity index (χ4n) is 3.55. The van der Waals surface area contributed by atoms with Gasteiger partial charge in [-0.3, -0.25) is 0 Å². The highest BCUT2D eigenvalue weighted by molar-refractivity contribution is 5.35. The lowest BCUT2D eigenvalue weighted by Gasteiger charge is -2.25. The largest absolute Gasteiger partial charge is 0.474 e. The van der Waals surface area contributed by atoms with Gasteiger partial charge in [0.2, 0.25) is 5.88 Å². The van der Waals surface area contributed by atoms with Gasteiger partial charge in [0, 0.05) is 50.4 Å². The molecule has 3 heterocycles. The summed E-state index contributed by atoms with van der Waals surface area (Å²) in [5.41, 5.74) is 1.22. The third-order valence-corrected chi connectivity index (χ3v) is 4.87. The van der Waals surface area contributed by atoms with Gasteiger partial charge in [-0.05, 0) is 37.3 Å². The summed E-state index contributed by atoms with van der Waals surface area (Å²) < 4.78 is 8.02. The third kappa shape index (κ3) is 3.70. The Morgan fingerprint density at radius 3 is 3.08 bits per heavy atom. The molecule has 6 nitrogen and oxygen atoms in total. The van der Waals surface area contributed by atoms with Gasteiger partial charge in [-0.15, -0.1) is 0 Å². The van der Waals surface area contributed by atoms with E-state index in [9.17, 15) is 0 Å². The molecular weight excluding hydrogens is 302 g/mol. The number of anilines is 1. The van der Waals surface area contributed by atoms with Crippen LogP contribution < -0.4 is 15.4 Å². The number of fused-ring (bicyclic) bond motifs is 1. The lowest BCUT2D eigenvalue weighted by atomic mass is 10.1. The van der Waals surface area contributed by atoms with E-state index < -0.39 is 0 Å². The first-order chi connectivity index (χ1) is 11.9. The van der Waals surface area contributed by atoms with Crippen LogP contribution in [0.15, 0.2) is 30.6 Å². The number of ether oxygens (including phenoxy) is 1. The predicted molar refractivity (Wildman–Crippen MR) is 93.0 cm³/mol. The summed E-state index contributed by atoms with van der Waals surface area (Å²) in [5, 5.41) is 11.3. The number of nitrogens with one attached hydrogen (secondary N) is 2. The molecule has 2 N–H and O–H groups in total. The maximum Gasteiger partial charge on any atom is 0.213 e. The van der Waals surface area contributed by atoms with Gasteiger partial charge in [0.05, 0.1) is 6.20 Å². The number of rotatable bonds is 6. The van der Waals surface area contributed by atoms with Crippen LogP contribution in [0.1, 0.15) is 31.2 Å². The molecule has 1 aliphatic heterocycles. The summed E-state index contributed by atoms with van der Waals surface area (Å²) in [6.45, 7) is 3.76. The summed E-state index contributed by atoms with van der Waals surface area (Å²) in [6.07, 6.45) is 8.93. The molecule has 1 fully saturated rings. The maximum absolute atomic E-state index is 5.98. The highest BCUT2D eigenvalue weighted by atomic mass is 16.5. The van der Waals surface area contributed by atoms with Gasteiger partial charge in [0.25, 0.3) is 0 Å².